The summed E-state index contributed by atoms with van der Waals surface area (Å²) in [5.74, 6) is 1.95. The number of aliphatic imine (C=N–C) groups is 1. The van der Waals surface area contributed by atoms with Gasteiger partial charge in [0.15, 0.2) is 0 Å². The number of rotatable bonds is 6. The maximum Gasteiger partial charge on any atom is 0.0835 e. The van der Waals surface area contributed by atoms with Gasteiger partial charge in [-0.3, -0.25) is 4.99 Å². The zero-order chi connectivity index (χ0) is 11.3. The highest BCUT2D eigenvalue weighted by Gasteiger charge is 2.27. The van der Waals surface area contributed by atoms with Crippen molar-refractivity contribution in [2.24, 2.45) is 16.3 Å². The van der Waals surface area contributed by atoms with Gasteiger partial charge in [0, 0.05) is 11.2 Å². The Balaban J connectivity index is 2.29. The number of hydrogen-bond acceptors (Lipinski definition) is 2. The monoisotopic (exact) mass is 226 g/mol. The highest BCUT2D eigenvalue weighted by Crippen LogP contribution is 2.35. The van der Waals surface area contributed by atoms with Gasteiger partial charge in [-0.05, 0) is 12.3 Å². The van der Waals surface area contributed by atoms with E-state index in [1.54, 1.807) is 0 Å². The smallest absolute Gasteiger partial charge is 0.0835 e. The molecule has 0 N–H and O–H groups in total. The molecule has 0 aromatic heterocycles. The SMILES string of the molecule is CCC(C)CCCC(C)(C)C1=N[CH]CS1. The molecule has 1 rings (SSSR count). The Morgan fingerprint density at radius 2 is 2.27 bits per heavy atom. The molecule has 0 spiro atoms. The van der Waals surface area contributed by atoms with Gasteiger partial charge in [0.05, 0.1) is 11.6 Å². The third-order valence-corrected chi connectivity index (χ3v) is 4.52. The minimum Gasteiger partial charge on any atom is -0.276 e. The highest BCUT2D eigenvalue weighted by molar-refractivity contribution is 8.14. The van der Waals surface area contributed by atoms with Gasteiger partial charge >= 0.3 is 0 Å². The third kappa shape index (κ3) is 4.18. The second-order valence-corrected chi connectivity index (χ2v) is 6.23. The molecule has 0 amide bonds. The normalized spacial score (nSPS) is 19.1. The van der Waals surface area contributed by atoms with E-state index in [1.165, 1.54) is 30.7 Å². The van der Waals surface area contributed by atoms with Crippen LogP contribution in [0.25, 0.3) is 0 Å². The van der Waals surface area contributed by atoms with E-state index in [-0.39, 0.29) is 0 Å². The van der Waals surface area contributed by atoms with Gasteiger partial charge in [-0.25, -0.2) is 0 Å². The lowest BCUT2D eigenvalue weighted by Gasteiger charge is -2.24. The maximum atomic E-state index is 4.48. The summed E-state index contributed by atoms with van der Waals surface area (Å²) in [5, 5.41) is 1.34. The van der Waals surface area contributed by atoms with E-state index in [9.17, 15) is 0 Å². The highest BCUT2D eigenvalue weighted by atomic mass is 32.2. The molecule has 1 unspecified atom stereocenters. The predicted octanol–water partition coefficient (Wildman–Crippen LogP) is 4.54. The molecule has 0 aliphatic carbocycles. The van der Waals surface area contributed by atoms with Crippen LogP contribution in [-0.4, -0.2) is 10.8 Å². The number of nitrogens with zero attached hydrogens (tertiary/aromatic N) is 1. The molecule has 0 aromatic rings. The van der Waals surface area contributed by atoms with Crippen LogP contribution in [0, 0.1) is 17.9 Å². The van der Waals surface area contributed by atoms with Crippen molar-refractivity contribution in [3.05, 3.63) is 6.54 Å². The average molecular weight is 226 g/mol. The van der Waals surface area contributed by atoms with Crippen LogP contribution >= 0.6 is 11.8 Å². The molecule has 1 atom stereocenters. The first-order valence-corrected chi connectivity index (χ1v) is 7.07. The zero-order valence-electron chi connectivity index (χ0n) is 10.5. The molecule has 0 aromatic carbocycles. The van der Waals surface area contributed by atoms with E-state index in [0.717, 1.165) is 11.7 Å². The Morgan fingerprint density at radius 3 is 2.80 bits per heavy atom. The molecule has 0 fully saturated rings. The molecule has 15 heavy (non-hydrogen) atoms. The second kappa shape index (κ2) is 5.93. The minimum atomic E-state index is 0.297. The summed E-state index contributed by atoms with van der Waals surface area (Å²) in [6, 6.07) is 0. The first-order chi connectivity index (χ1) is 7.06. The molecular weight excluding hydrogens is 202 g/mol. The average Bonchev–Trinajstić information content (AvgIpc) is 2.70. The van der Waals surface area contributed by atoms with E-state index in [2.05, 4.69) is 32.7 Å². The van der Waals surface area contributed by atoms with E-state index in [0.29, 0.717) is 5.41 Å². The quantitative estimate of drug-likeness (QED) is 0.648. The van der Waals surface area contributed by atoms with Crippen molar-refractivity contribution in [2.75, 3.05) is 5.75 Å². The Kier molecular flexibility index (Phi) is 5.17. The van der Waals surface area contributed by atoms with Gasteiger partial charge in [-0.1, -0.05) is 47.0 Å². The lowest BCUT2D eigenvalue weighted by molar-refractivity contribution is 0.408. The van der Waals surface area contributed by atoms with Crippen molar-refractivity contribution in [3.8, 4) is 0 Å². The van der Waals surface area contributed by atoms with Gasteiger partial charge in [0.2, 0.25) is 0 Å². The second-order valence-electron chi connectivity index (χ2n) is 5.22. The molecule has 1 radical (unpaired) electrons. The first-order valence-electron chi connectivity index (χ1n) is 6.09. The topological polar surface area (TPSA) is 12.4 Å². The number of hydrogen-bond donors (Lipinski definition) is 0. The van der Waals surface area contributed by atoms with Crippen molar-refractivity contribution < 1.29 is 0 Å². The first kappa shape index (κ1) is 13.1. The fraction of sp³-hybridized carbons (Fsp3) is 0.846. The van der Waals surface area contributed by atoms with Gasteiger partial charge in [-0.2, -0.15) is 0 Å². The summed E-state index contributed by atoms with van der Waals surface area (Å²) >= 11 is 1.91. The van der Waals surface area contributed by atoms with Crippen molar-refractivity contribution in [3.63, 3.8) is 0 Å². The predicted molar refractivity (Wildman–Crippen MR) is 71.3 cm³/mol. The molecule has 2 heteroatoms. The van der Waals surface area contributed by atoms with Gasteiger partial charge in [0.25, 0.3) is 0 Å². The summed E-state index contributed by atoms with van der Waals surface area (Å²) in [7, 11) is 0. The van der Waals surface area contributed by atoms with Crippen LogP contribution in [0.5, 0.6) is 0 Å². The standard InChI is InChI=1S/C13H24NS/c1-5-11(2)7-6-8-13(3,4)12-14-9-10-15-12/h9,11H,5-8,10H2,1-4H3. The lowest BCUT2D eigenvalue weighted by Crippen LogP contribution is -2.20. The largest absolute Gasteiger partial charge is 0.276 e. The summed E-state index contributed by atoms with van der Waals surface area (Å²) < 4.78 is 0. The van der Waals surface area contributed by atoms with Crippen LogP contribution in [0.15, 0.2) is 4.99 Å². The molecule has 1 aliphatic heterocycles. The van der Waals surface area contributed by atoms with Crippen LogP contribution in [0.3, 0.4) is 0 Å². The van der Waals surface area contributed by atoms with E-state index < -0.39 is 0 Å². The Hall–Kier alpha value is 0.0200. The number of thioether (sulfide) groups is 1. The van der Waals surface area contributed by atoms with Crippen LogP contribution in [-0.2, 0) is 0 Å². The molecule has 0 saturated carbocycles. The maximum absolute atomic E-state index is 4.48. The van der Waals surface area contributed by atoms with E-state index >= 15 is 0 Å². The molecule has 1 nitrogen and oxygen atoms in total. The van der Waals surface area contributed by atoms with E-state index in [1.807, 2.05) is 18.3 Å². The van der Waals surface area contributed by atoms with Gasteiger partial charge in [-0.15, -0.1) is 11.8 Å². The van der Waals surface area contributed by atoms with Crippen molar-refractivity contribution in [2.45, 2.75) is 53.4 Å². The summed E-state index contributed by atoms with van der Waals surface area (Å²) in [6.07, 6.45) is 5.28. The molecule has 0 saturated heterocycles. The fourth-order valence-electron chi connectivity index (χ4n) is 1.85. The van der Waals surface area contributed by atoms with Gasteiger partial charge < -0.3 is 0 Å². The Bertz CT molecular complexity index is 221. The Morgan fingerprint density at radius 1 is 1.53 bits per heavy atom. The van der Waals surface area contributed by atoms with Crippen molar-refractivity contribution >= 4 is 16.8 Å². The van der Waals surface area contributed by atoms with Crippen LogP contribution in [0.1, 0.15) is 53.4 Å². The zero-order valence-corrected chi connectivity index (χ0v) is 11.4. The summed E-state index contributed by atoms with van der Waals surface area (Å²) in [5.41, 5.74) is 0.297. The van der Waals surface area contributed by atoms with E-state index in [4.69, 9.17) is 0 Å². The summed E-state index contributed by atoms with van der Waals surface area (Å²) in [6.45, 7) is 11.3. The fourth-order valence-corrected chi connectivity index (χ4v) is 2.80. The Labute approximate surface area is 99.1 Å². The molecule has 1 heterocycles. The van der Waals surface area contributed by atoms with Crippen LogP contribution in [0.2, 0.25) is 0 Å². The molecular formula is C13H24NS. The third-order valence-electron chi connectivity index (χ3n) is 3.28. The van der Waals surface area contributed by atoms with Crippen LogP contribution < -0.4 is 0 Å². The van der Waals surface area contributed by atoms with Gasteiger partial charge in [0.1, 0.15) is 0 Å². The molecule has 0 bridgehead atoms. The van der Waals surface area contributed by atoms with Crippen molar-refractivity contribution in [1.82, 2.24) is 0 Å². The minimum absolute atomic E-state index is 0.297. The molecule has 87 valence electrons. The molecule has 1 aliphatic rings. The summed E-state index contributed by atoms with van der Waals surface area (Å²) in [4.78, 5) is 4.48. The van der Waals surface area contributed by atoms with Crippen molar-refractivity contribution in [1.29, 1.82) is 0 Å². The van der Waals surface area contributed by atoms with Crippen LogP contribution in [0.4, 0.5) is 0 Å². The lowest BCUT2D eigenvalue weighted by atomic mass is 9.86.